The smallest absolute Gasteiger partial charge is 0.372 e. The second kappa shape index (κ2) is 11.2. The summed E-state index contributed by atoms with van der Waals surface area (Å²) in [6, 6.07) is 4.09. The molecule has 0 spiro atoms. The monoisotopic (exact) mass is 575 g/mol. The lowest BCUT2D eigenvalue weighted by molar-refractivity contribution is -0.140. The fraction of sp³-hybridized carbons (Fsp3) is 0.333. The van der Waals surface area contributed by atoms with Crippen molar-refractivity contribution in [3.8, 4) is 0 Å². The number of hydrogen-bond donors (Lipinski definition) is 2. The van der Waals surface area contributed by atoms with E-state index in [-0.39, 0.29) is 41.3 Å². The van der Waals surface area contributed by atoms with Crippen LogP contribution in [0.5, 0.6) is 0 Å². The summed E-state index contributed by atoms with van der Waals surface area (Å²) in [5, 5.41) is 6.34. The van der Waals surface area contributed by atoms with Gasteiger partial charge in [0.15, 0.2) is 0 Å². The maximum atomic E-state index is 13.7. The molecule has 4 rings (SSSR count). The van der Waals surface area contributed by atoms with Gasteiger partial charge in [-0.1, -0.05) is 0 Å². The average molecular weight is 575 g/mol. The van der Waals surface area contributed by atoms with Crippen LogP contribution in [-0.4, -0.2) is 46.5 Å². The second-order valence-electron chi connectivity index (χ2n) is 8.90. The Balaban J connectivity index is 1.65. The number of hydrazone groups is 1. The molecule has 2 heterocycles. The van der Waals surface area contributed by atoms with Crippen LogP contribution in [0.15, 0.2) is 41.5 Å². The molecule has 8 nitrogen and oxygen atoms in total. The second-order valence-corrected chi connectivity index (χ2v) is 8.90. The largest absolute Gasteiger partial charge is 0.419 e. The van der Waals surface area contributed by atoms with Gasteiger partial charge in [0, 0.05) is 18.8 Å². The molecule has 2 unspecified atom stereocenters. The molecule has 2 aromatic carbocycles. The number of aromatic nitrogens is 3. The van der Waals surface area contributed by atoms with E-state index in [9.17, 15) is 35.1 Å². The van der Waals surface area contributed by atoms with Crippen molar-refractivity contribution in [1.29, 1.82) is 0 Å². The predicted molar refractivity (Wildman–Crippen MR) is 129 cm³/mol. The van der Waals surface area contributed by atoms with E-state index < -0.39 is 35.1 Å². The van der Waals surface area contributed by atoms with Crippen LogP contribution < -0.4 is 15.6 Å². The molecular weight excluding hydrogens is 554 g/mol. The molecule has 0 aliphatic carbocycles. The maximum absolute atomic E-state index is 13.7. The Morgan fingerprint density at radius 3 is 2.23 bits per heavy atom. The van der Waals surface area contributed by atoms with Gasteiger partial charge in [-0.15, -0.1) is 0 Å². The van der Waals surface area contributed by atoms with Gasteiger partial charge < -0.3 is 15.0 Å². The highest BCUT2D eigenvalue weighted by molar-refractivity contribution is 5.80. The van der Waals surface area contributed by atoms with Crippen LogP contribution in [0.25, 0.3) is 0 Å². The molecule has 0 saturated carbocycles. The molecule has 0 radical (unpaired) electrons. The third-order valence-electron chi connectivity index (χ3n) is 5.48. The van der Waals surface area contributed by atoms with E-state index in [4.69, 9.17) is 4.74 Å². The van der Waals surface area contributed by atoms with Crippen molar-refractivity contribution >= 4 is 29.7 Å². The van der Waals surface area contributed by atoms with Crippen LogP contribution in [-0.2, 0) is 17.1 Å². The molecule has 1 aliphatic rings. The minimum Gasteiger partial charge on any atom is -0.372 e. The summed E-state index contributed by atoms with van der Waals surface area (Å²) >= 11 is 0. The molecule has 1 aromatic heterocycles. The molecule has 2 N–H and O–H groups in total. The summed E-state index contributed by atoms with van der Waals surface area (Å²) in [5.74, 6) is -2.98. The SMILES string of the molecule is CC1CN(c2nc(N/N=C/c3cc(F)cc(C(F)(F)F)c3)nc(Nc3ccc(F)c(C(F)(F)F)c3)n2)CC(C)O1. The molecule has 214 valence electrons. The lowest BCUT2D eigenvalue weighted by Gasteiger charge is -2.35. The first kappa shape index (κ1) is 28.9. The Morgan fingerprint density at radius 1 is 0.900 bits per heavy atom. The third-order valence-corrected chi connectivity index (χ3v) is 5.48. The summed E-state index contributed by atoms with van der Waals surface area (Å²) in [4.78, 5) is 14.2. The fourth-order valence-corrected chi connectivity index (χ4v) is 3.92. The number of anilines is 4. The van der Waals surface area contributed by atoms with Gasteiger partial charge >= 0.3 is 12.4 Å². The lowest BCUT2D eigenvalue weighted by Crippen LogP contribution is -2.46. The number of benzene rings is 2. The Bertz CT molecular complexity index is 1390. The first-order chi connectivity index (χ1) is 18.7. The number of nitrogens with zero attached hydrogens (tertiary/aromatic N) is 5. The Kier molecular flexibility index (Phi) is 8.09. The van der Waals surface area contributed by atoms with Gasteiger partial charge in [0.2, 0.25) is 17.8 Å². The first-order valence-corrected chi connectivity index (χ1v) is 11.6. The zero-order chi connectivity index (χ0) is 29.2. The molecule has 1 fully saturated rings. The normalized spacial score (nSPS) is 18.3. The number of rotatable bonds is 6. The number of hydrogen-bond acceptors (Lipinski definition) is 8. The first-order valence-electron chi connectivity index (χ1n) is 11.6. The lowest BCUT2D eigenvalue weighted by atomic mass is 10.1. The van der Waals surface area contributed by atoms with Crippen molar-refractivity contribution in [1.82, 2.24) is 15.0 Å². The van der Waals surface area contributed by atoms with Crippen LogP contribution in [0.2, 0.25) is 0 Å². The number of ether oxygens (including phenoxy) is 1. The van der Waals surface area contributed by atoms with Crippen LogP contribution in [0.3, 0.4) is 0 Å². The van der Waals surface area contributed by atoms with Gasteiger partial charge in [-0.05, 0) is 55.8 Å². The third kappa shape index (κ3) is 7.31. The van der Waals surface area contributed by atoms with E-state index in [1.807, 2.05) is 13.8 Å². The zero-order valence-corrected chi connectivity index (χ0v) is 20.8. The van der Waals surface area contributed by atoms with Gasteiger partial charge in [-0.25, -0.2) is 14.2 Å². The number of halogens is 8. The quantitative estimate of drug-likeness (QED) is 0.212. The summed E-state index contributed by atoms with van der Waals surface area (Å²) in [7, 11) is 0. The minimum absolute atomic E-state index is 0.0838. The van der Waals surface area contributed by atoms with E-state index in [1.54, 1.807) is 4.90 Å². The minimum atomic E-state index is -4.95. The van der Waals surface area contributed by atoms with Gasteiger partial charge in [0.05, 0.1) is 29.5 Å². The topological polar surface area (TPSA) is 87.6 Å². The molecule has 1 aliphatic heterocycles. The number of morpholine rings is 1. The standard InChI is InChI=1S/C24H21F8N7O/c1-12-10-39(11-13(2)40-12)22-36-20(34-17-3-4-19(26)18(8-17)24(30,31)32)35-21(37-22)38-33-9-14-5-15(23(27,28)29)7-16(25)6-14/h3-9,12-13H,10-11H2,1-2H3,(H2,34,35,36,37,38)/b33-9+. The maximum Gasteiger partial charge on any atom is 0.419 e. The highest BCUT2D eigenvalue weighted by Crippen LogP contribution is 2.34. The fourth-order valence-electron chi connectivity index (χ4n) is 3.92. The molecule has 2 atom stereocenters. The number of alkyl halides is 6. The molecule has 3 aromatic rings. The van der Waals surface area contributed by atoms with Crippen LogP contribution in [0.1, 0.15) is 30.5 Å². The van der Waals surface area contributed by atoms with E-state index in [0.717, 1.165) is 18.3 Å². The van der Waals surface area contributed by atoms with E-state index in [1.165, 1.54) is 0 Å². The molecule has 0 amide bonds. The van der Waals surface area contributed by atoms with Crippen molar-refractivity contribution in [2.75, 3.05) is 28.7 Å². The van der Waals surface area contributed by atoms with E-state index in [0.29, 0.717) is 37.4 Å². The van der Waals surface area contributed by atoms with Crippen molar-refractivity contribution in [3.05, 3.63) is 64.7 Å². The zero-order valence-electron chi connectivity index (χ0n) is 20.8. The van der Waals surface area contributed by atoms with E-state index in [2.05, 4.69) is 30.8 Å². The molecular formula is C24H21F8N7O. The van der Waals surface area contributed by atoms with Gasteiger partial charge in [0.1, 0.15) is 11.6 Å². The molecule has 40 heavy (non-hydrogen) atoms. The average Bonchev–Trinajstić information content (AvgIpc) is 2.83. The molecule has 0 bridgehead atoms. The van der Waals surface area contributed by atoms with Gasteiger partial charge in [0.25, 0.3) is 0 Å². The van der Waals surface area contributed by atoms with Crippen LogP contribution in [0, 0.1) is 11.6 Å². The Hall–Kier alpha value is -4.08. The van der Waals surface area contributed by atoms with Crippen molar-refractivity contribution in [2.45, 2.75) is 38.4 Å². The molecule has 1 saturated heterocycles. The highest BCUT2D eigenvalue weighted by Gasteiger charge is 2.34. The predicted octanol–water partition coefficient (Wildman–Crippen LogP) is 5.99. The summed E-state index contributed by atoms with van der Waals surface area (Å²) in [5.41, 5.74) is -0.695. The van der Waals surface area contributed by atoms with Crippen molar-refractivity contribution < 1.29 is 39.9 Å². The highest BCUT2D eigenvalue weighted by atomic mass is 19.4. The van der Waals surface area contributed by atoms with Gasteiger partial charge in [-0.3, -0.25) is 0 Å². The summed E-state index contributed by atoms with van der Waals surface area (Å²) in [6.45, 7) is 4.35. The molecule has 16 heteroatoms. The van der Waals surface area contributed by atoms with Crippen LogP contribution >= 0.6 is 0 Å². The van der Waals surface area contributed by atoms with Gasteiger partial charge in [-0.2, -0.15) is 46.4 Å². The van der Waals surface area contributed by atoms with Crippen molar-refractivity contribution in [3.63, 3.8) is 0 Å². The summed E-state index contributed by atoms with van der Waals surface area (Å²) in [6.07, 6.45) is -9.25. The van der Waals surface area contributed by atoms with Crippen molar-refractivity contribution in [2.24, 2.45) is 5.10 Å². The Morgan fingerprint density at radius 2 is 1.57 bits per heavy atom. The van der Waals surface area contributed by atoms with Crippen LogP contribution in [0.4, 0.5) is 58.7 Å². The Labute approximate surface area is 222 Å². The van der Waals surface area contributed by atoms with E-state index >= 15 is 0 Å². The number of nitrogens with one attached hydrogen (secondary N) is 2. The summed E-state index contributed by atoms with van der Waals surface area (Å²) < 4.78 is 112.